The minimum absolute atomic E-state index is 0.106. The second-order valence-corrected chi connectivity index (χ2v) is 3.72. The standard InChI is InChI=1S/C12H18FNO/c1-8(7-14)12-10(9(2)13)5-4-6-11(12)15-3/h4-6,8-9H,7,14H2,1-3H3. The Morgan fingerprint density at radius 3 is 2.53 bits per heavy atom. The Kier molecular flexibility index (Phi) is 4.09. The number of alkyl halides is 1. The maximum atomic E-state index is 13.4. The molecule has 0 aromatic heterocycles. The van der Waals surface area contributed by atoms with Gasteiger partial charge in [0.2, 0.25) is 0 Å². The van der Waals surface area contributed by atoms with Crippen LogP contribution in [-0.4, -0.2) is 13.7 Å². The molecular weight excluding hydrogens is 193 g/mol. The zero-order chi connectivity index (χ0) is 11.4. The average molecular weight is 211 g/mol. The van der Waals surface area contributed by atoms with Gasteiger partial charge in [-0.1, -0.05) is 19.1 Å². The maximum Gasteiger partial charge on any atom is 0.123 e. The molecule has 0 heterocycles. The van der Waals surface area contributed by atoms with Crippen molar-refractivity contribution in [2.75, 3.05) is 13.7 Å². The normalized spacial score (nSPS) is 14.7. The summed E-state index contributed by atoms with van der Waals surface area (Å²) in [6, 6.07) is 5.43. The van der Waals surface area contributed by atoms with Crippen molar-refractivity contribution < 1.29 is 9.13 Å². The fourth-order valence-corrected chi connectivity index (χ4v) is 1.73. The quantitative estimate of drug-likeness (QED) is 0.831. The third kappa shape index (κ3) is 2.48. The van der Waals surface area contributed by atoms with E-state index in [9.17, 15) is 4.39 Å². The van der Waals surface area contributed by atoms with E-state index in [0.717, 1.165) is 11.3 Å². The molecule has 0 fully saturated rings. The zero-order valence-electron chi connectivity index (χ0n) is 9.46. The van der Waals surface area contributed by atoms with Gasteiger partial charge < -0.3 is 10.5 Å². The van der Waals surface area contributed by atoms with Gasteiger partial charge in [-0.05, 0) is 31.0 Å². The predicted molar refractivity (Wildman–Crippen MR) is 60.0 cm³/mol. The lowest BCUT2D eigenvalue weighted by molar-refractivity contribution is 0.362. The molecule has 0 aliphatic heterocycles. The summed E-state index contributed by atoms with van der Waals surface area (Å²) in [6.07, 6.45) is -0.996. The van der Waals surface area contributed by atoms with E-state index in [4.69, 9.17) is 10.5 Å². The van der Waals surface area contributed by atoms with E-state index in [0.29, 0.717) is 12.1 Å². The van der Waals surface area contributed by atoms with Crippen molar-refractivity contribution in [1.82, 2.24) is 0 Å². The van der Waals surface area contributed by atoms with Crippen molar-refractivity contribution in [3.05, 3.63) is 29.3 Å². The van der Waals surface area contributed by atoms with Crippen molar-refractivity contribution in [2.45, 2.75) is 25.9 Å². The van der Waals surface area contributed by atoms with Gasteiger partial charge in [-0.15, -0.1) is 0 Å². The Hall–Kier alpha value is -1.09. The maximum absolute atomic E-state index is 13.4. The summed E-state index contributed by atoms with van der Waals surface area (Å²) in [6.45, 7) is 3.99. The van der Waals surface area contributed by atoms with Gasteiger partial charge in [0.25, 0.3) is 0 Å². The molecule has 2 atom stereocenters. The first-order valence-corrected chi connectivity index (χ1v) is 5.12. The largest absolute Gasteiger partial charge is 0.496 e. The molecule has 0 aliphatic rings. The number of halogens is 1. The van der Waals surface area contributed by atoms with Gasteiger partial charge in [0.15, 0.2) is 0 Å². The van der Waals surface area contributed by atoms with Gasteiger partial charge >= 0.3 is 0 Å². The van der Waals surface area contributed by atoms with E-state index in [1.807, 2.05) is 13.0 Å². The smallest absolute Gasteiger partial charge is 0.123 e. The molecule has 0 spiro atoms. The Morgan fingerprint density at radius 2 is 2.07 bits per heavy atom. The van der Waals surface area contributed by atoms with Crippen molar-refractivity contribution >= 4 is 0 Å². The van der Waals surface area contributed by atoms with Gasteiger partial charge in [0.05, 0.1) is 7.11 Å². The highest BCUT2D eigenvalue weighted by Gasteiger charge is 2.18. The predicted octanol–water partition coefficient (Wildman–Crippen LogP) is 2.79. The molecule has 0 saturated carbocycles. The molecule has 1 aromatic rings. The van der Waals surface area contributed by atoms with Crippen LogP contribution in [0.2, 0.25) is 0 Å². The van der Waals surface area contributed by atoms with Gasteiger partial charge in [0.1, 0.15) is 11.9 Å². The number of hydrogen-bond donors (Lipinski definition) is 1. The summed E-state index contributed by atoms with van der Waals surface area (Å²) in [7, 11) is 1.59. The van der Waals surface area contributed by atoms with Crippen LogP contribution in [0, 0.1) is 0 Å². The van der Waals surface area contributed by atoms with Crippen molar-refractivity contribution in [3.8, 4) is 5.75 Å². The summed E-state index contributed by atoms with van der Waals surface area (Å²) < 4.78 is 18.6. The minimum Gasteiger partial charge on any atom is -0.496 e. The Morgan fingerprint density at radius 1 is 1.40 bits per heavy atom. The van der Waals surface area contributed by atoms with E-state index in [-0.39, 0.29) is 5.92 Å². The van der Waals surface area contributed by atoms with Crippen LogP contribution in [0.3, 0.4) is 0 Å². The first-order valence-electron chi connectivity index (χ1n) is 5.12. The molecule has 2 unspecified atom stereocenters. The molecule has 3 heteroatoms. The van der Waals surface area contributed by atoms with Crippen LogP contribution >= 0.6 is 0 Å². The van der Waals surface area contributed by atoms with Crippen molar-refractivity contribution in [3.63, 3.8) is 0 Å². The van der Waals surface area contributed by atoms with Crippen LogP contribution < -0.4 is 10.5 Å². The average Bonchev–Trinajstić information content (AvgIpc) is 2.26. The van der Waals surface area contributed by atoms with Gasteiger partial charge in [0, 0.05) is 5.56 Å². The lowest BCUT2D eigenvalue weighted by atomic mass is 9.92. The van der Waals surface area contributed by atoms with Crippen molar-refractivity contribution in [2.24, 2.45) is 5.73 Å². The lowest BCUT2D eigenvalue weighted by Gasteiger charge is -2.19. The molecule has 2 N–H and O–H groups in total. The van der Waals surface area contributed by atoms with E-state index in [1.54, 1.807) is 19.2 Å². The Balaban J connectivity index is 3.26. The minimum atomic E-state index is -0.996. The summed E-state index contributed by atoms with van der Waals surface area (Å²) in [4.78, 5) is 0. The van der Waals surface area contributed by atoms with E-state index in [1.165, 1.54) is 6.92 Å². The molecule has 15 heavy (non-hydrogen) atoms. The third-order valence-corrected chi connectivity index (χ3v) is 2.59. The second kappa shape index (κ2) is 5.12. The van der Waals surface area contributed by atoms with Crippen molar-refractivity contribution in [1.29, 1.82) is 0 Å². The van der Waals surface area contributed by atoms with E-state index < -0.39 is 6.17 Å². The highest BCUT2D eigenvalue weighted by Crippen LogP contribution is 2.34. The van der Waals surface area contributed by atoms with Crippen LogP contribution in [0.15, 0.2) is 18.2 Å². The van der Waals surface area contributed by atoms with E-state index in [2.05, 4.69) is 0 Å². The summed E-state index contributed by atoms with van der Waals surface area (Å²) in [5, 5.41) is 0. The molecule has 0 saturated heterocycles. The van der Waals surface area contributed by atoms with Crippen LogP contribution in [0.4, 0.5) is 4.39 Å². The second-order valence-electron chi connectivity index (χ2n) is 3.72. The summed E-state index contributed by atoms with van der Waals surface area (Å²) in [5.41, 5.74) is 7.18. The van der Waals surface area contributed by atoms with Crippen LogP contribution in [0.25, 0.3) is 0 Å². The van der Waals surface area contributed by atoms with Gasteiger partial charge in [-0.3, -0.25) is 0 Å². The fraction of sp³-hybridized carbons (Fsp3) is 0.500. The number of benzene rings is 1. The number of hydrogen-bond acceptors (Lipinski definition) is 2. The van der Waals surface area contributed by atoms with Gasteiger partial charge in [-0.2, -0.15) is 0 Å². The Labute approximate surface area is 90.2 Å². The topological polar surface area (TPSA) is 35.2 Å². The monoisotopic (exact) mass is 211 g/mol. The SMILES string of the molecule is COc1cccc(C(C)F)c1C(C)CN. The third-order valence-electron chi connectivity index (χ3n) is 2.59. The van der Waals surface area contributed by atoms with E-state index >= 15 is 0 Å². The number of rotatable bonds is 4. The van der Waals surface area contributed by atoms with Crippen LogP contribution in [0.1, 0.15) is 37.1 Å². The van der Waals surface area contributed by atoms with Crippen LogP contribution in [-0.2, 0) is 0 Å². The summed E-state index contributed by atoms with van der Waals surface area (Å²) in [5.74, 6) is 0.823. The fourth-order valence-electron chi connectivity index (χ4n) is 1.73. The summed E-state index contributed by atoms with van der Waals surface area (Å²) >= 11 is 0. The first-order chi connectivity index (χ1) is 7.11. The number of nitrogens with two attached hydrogens (primary N) is 1. The lowest BCUT2D eigenvalue weighted by Crippen LogP contribution is -2.12. The molecule has 0 bridgehead atoms. The molecule has 2 nitrogen and oxygen atoms in total. The zero-order valence-corrected chi connectivity index (χ0v) is 9.46. The highest BCUT2D eigenvalue weighted by molar-refractivity contribution is 5.43. The van der Waals surface area contributed by atoms with Crippen LogP contribution in [0.5, 0.6) is 5.75 Å². The Bertz CT molecular complexity index is 325. The molecule has 0 amide bonds. The first kappa shape index (κ1) is 12.0. The molecule has 84 valence electrons. The molecule has 1 rings (SSSR count). The molecule has 0 aliphatic carbocycles. The molecule has 0 radical (unpaired) electrons. The van der Waals surface area contributed by atoms with Gasteiger partial charge in [-0.25, -0.2) is 4.39 Å². The molecule has 1 aromatic carbocycles. The highest BCUT2D eigenvalue weighted by atomic mass is 19.1. The number of ether oxygens (including phenoxy) is 1. The number of methoxy groups -OCH3 is 1. The molecular formula is C12H18FNO.